The molecule has 1 aliphatic rings. The van der Waals surface area contributed by atoms with E-state index in [-0.39, 0.29) is 35.2 Å². The monoisotopic (exact) mass is 393 g/mol. The smallest absolute Gasteiger partial charge is 0.277 e. The minimum atomic E-state index is -0.345. The lowest BCUT2D eigenvalue weighted by Gasteiger charge is -2.31. The molecule has 0 aliphatic carbocycles. The zero-order valence-electron chi connectivity index (χ0n) is 15.7. The van der Waals surface area contributed by atoms with E-state index in [2.05, 4.69) is 5.43 Å². The van der Waals surface area contributed by atoms with Crippen molar-refractivity contribution in [3.8, 4) is 5.75 Å². The Bertz CT molecular complexity index is 1060. The van der Waals surface area contributed by atoms with E-state index in [0.717, 1.165) is 11.1 Å². The molecule has 1 N–H and O–H groups in total. The van der Waals surface area contributed by atoms with E-state index < -0.39 is 0 Å². The average molecular weight is 393 g/mol. The van der Waals surface area contributed by atoms with Gasteiger partial charge in [-0.15, -0.1) is 0 Å². The van der Waals surface area contributed by atoms with Gasteiger partial charge in [0.15, 0.2) is 11.4 Å². The number of rotatable bonds is 6. The third-order valence-electron chi connectivity index (χ3n) is 4.79. The highest BCUT2D eigenvalue weighted by molar-refractivity contribution is 5.96. The maximum Gasteiger partial charge on any atom is 0.277 e. The van der Waals surface area contributed by atoms with E-state index in [1.165, 1.54) is 29.1 Å². The van der Waals surface area contributed by atoms with Crippen molar-refractivity contribution in [2.75, 3.05) is 18.6 Å². The molecule has 0 fully saturated rings. The molecule has 4 rings (SSSR count). The van der Waals surface area contributed by atoms with Crippen LogP contribution in [0.3, 0.4) is 0 Å². The number of pyridine rings is 1. The number of nitrogens with zero attached hydrogens (tertiary/aromatic N) is 2. The zero-order valence-corrected chi connectivity index (χ0v) is 15.7. The summed E-state index contributed by atoms with van der Waals surface area (Å²) >= 11 is 0. The third-order valence-corrected chi connectivity index (χ3v) is 4.79. The van der Waals surface area contributed by atoms with Crippen LogP contribution in [-0.4, -0.2) is 28.7 Å². The Kier molecular flexibility index (Phi) is 5.29. The van der Waals surface area contributed by atoms with E-state index >= 15 is 0 Å². The summed E-state index contributed by atoms with van der Waals surface area (Å²) in [5.41, 5.74) is 4.76. The molecule has 1 amide bonds. The molecule has 1 aromatic heterocycles. The first-order valence-electron chi connectivity index (χ1n) is 9.32. The topological polar surface area (TPSA) is 63.6 Å². The van der Waals surface area contributed by atoms with Crippen molar-refractivity contribution in [3.05, 3.63) is 99.7 Å². The molecule has 0 saturated heterocycles. The summed E-state index contributed by atoms with van der Waals surface area (Å²) in [6.45, 7) is 0.919. The van der Waals surface area contributed by atoms with E-state index in [9.17, 15) is 14.0 Å². The maximum atomic E-state index is 13.1. The van der Waals surface area contributed by atoms with Gasteiger partial charge in [-0.1, -0.05) is 42.5 Å². The fourth-order valence-electron chi connectivity index (χ4n) is 3.20. The van der Waals surface area contributed by atoms with Gasteiger partial charge in [-0.2, -0.15) is 0 Å². The van der Waals surface area contributed by atoms with Crippen LogP contribution in [0, 0.1) is 5.82 Å². The summed E-state index contributed by atoms with van der Waals surface area (Å²) in [4.78, 5) is 27.1. The molecular formula is C22H20FN3O3. The van der Waals surface area contributed by atoms with E-state index in [4.69, 9.17) is 4.74 Å². The quantitative estimate of drug-likeness (QED) is 0.700. The normalized spacial score (nSPS) is 13.0. The van der Waals surface area contributed by atoms with E-state index in [1.54, 1.807) is 17.0 Å². The summed E-state index contributed by atoms with van der Waals surface area (Å²) in [7, 11) is 0. The summed E-state index contributed by atoms with van der Waals surface area (Å²) in [5, 5.41) is 0. The molecule has 2 aromatic carbocycles. The highest BCUT2D eigenvalue weighted by atomic mass is 19.1. The lowest BCUT2D eigenvalue weighted by Crippen LogP contribution is -2.47. The van der Waals surface area contributed by atoms with E-state index in [0.29, 0.717) is 19.6 Å². The van der Waals surface area contributed by atoms with Crippen LogP contribution in [-0.2, 0) is 13.0 Å². The molecule has 3 aromatic rings. The number of fused-ring (bicyclic) bond motifs is 1. The van der Waals surface area contributed by atoms with Gasteiger partial charge in [-0.05, 0) is 29.7 Å². The van der Waals surface area contributed by atoms with Gasteiger partial charge >= 0.3 is 0 Å². The molecule has 0 atom stereocenters. The highest BCUT2D eigenvalue weighted by Gasteiger charge is 2.28. The Labute approximate surface area is 167 Å². The summed E-state index contributed by atoms with van der Waals surface area (Å²) in [5.74, 6) is -0.551. The van der Waals surface area contributed by atoms with Crippen LogP contribution in [0.25, 0.3) is 0 Å². The number of aromatic nitrogens is 1. The van der Waals surface area contributed by atoms with Crippen molar-refractivity contribution in [2.24, 2.45) is 0 Å². The number of hydrogen-bond donors (Lipinski definition) is 1. The first-order valence-corrected chi connectivity index (χ1v) is 9.32. The zero-order chi connectivity index (χ0) is 20.2. The summed E-state index contributed by atoms with van der Waals surface area (Å²) < 4.78 is 20.3. The van der Waals surface area contributed by atoms with Crippen LogP contribution >= 0.6 is 0 Å². The second-order valence-corrected chi connectivity index (χ2v) is 6.76. The van der Waals surface area contributed by atoms with Crippen LogP contribution < -0.4 is 15.6 Å². The molecule has 29 heavy (non-hydrogen) atoms. The number of halogens is 1. The number of benzene rings is 2. The average Bonchev–Trinajstić information content (AvgIpc) is 2.74. The van der Waals surface area contributed by atoms with Crippen LogP contribution in [0.4, 0.5) is 4.39 Å². The van der Waals surface area contributed by atoms with Crippen molar-refractivity contribution in [3.63, 3.8) is 0 Å². The Balaban J connectivity index is 1.53. The van der Waals surface area contributed by atoms with Crippen molar-refractivity contribution >= 4 is 5.91 Å². The number of carbonyl (C=O) groups excluding carboxylic acids is 1. The second kappa shape index (κ2) is 8.18. The summed E-state index contributed by atoms with van der Waals surface area (Å²) in [6, 6.07) is 17.0. The lowest BCUT2D eigenvalue weighted by atomic mass is 10.1. The van der Waals surface area contributed by atoms with Gasteiger partial charge in [-0.25, -0.2) is 4.39 Å². The Morgan fingerprint density at radius 1 is 0.966 bits per heavy atom. The SMILES string of the molecule is O=C1c2c(OCc3ccccc3)c(=O)ccn2NCN1CCc1ccc(F)cc1. The van der Waals surface area contributed by atoms with Gasteiger partial charge in [0.2, 0.25) is 5.43 Å². The molecule has 0 unspecified atom stereocenters. The minimum absolute atomic E-state index is 0.0281. The summed E-state index contributed by atoms with van der Waals surface area (Å²) in [6.07, 6.45) is 2.10. The van der Waals surface area contributed by atoms with Gasteiger partial charge in [0.05, 0.1) is 0 Å². The maximum absolute atomic E-state index is 13.1. The fraction of sp³-hybridized carbons (Fsp3) is 0.182. The number of hydrogen-bond acceptors (Lipinski definition) is 4. The van der Waals surface area contributed by atoms with Crippen molar-refractivity contribution in [2.45, 2.75) is 13.0 Å². The van der Waals surface area contributed by atoms with E-state index in [1.807, 2.05) is 30.3 Å². The van der Waals surface area contributed by atoms with Gasteiger partial charge in [0, 0.05) is 18.8 Å². The molecule has 0 saturated carbocycles. The van der Waals surface area contributed by atoms with Gasteiger partial charge in [-0.3, -0.25) is 14.3 Å². The molecule has 148 valence electrons. The Morgan fingerprint density at radius 3 is 2.48 bits per heavy atom. The van der Waals surface area contributed by atoms with Gasteiger partial charge in [0.25, 0.3) is 5.91 Å². The minimum Gasteiger partial charge on any atom is -0.482 e. The highest BCUT2D eigenvalue weighted by Crippen LogP contribution is 2.20. The predicted molar refractivity (Wildman–Crippen MR) is 107 cm³/mol. The second-order valence-electron chi connectivity index (χ2n) is 6.76. The number of nitrogens with one attached hydrogen (secondary N) is 1. The first-order chi connectivity index (χ1) is 14.1. The molecule has 7 heteroatoms. The van der Waals surface area contributed by atoms with Crippen LogP contribution in [0.1, 0.15) is 21.6 Å². The van der Waals surface area contributed by atoms with Crippen molar-refractivity contribution < 1.29 is 13.9 Å². The van der Waals surface area contributed by atoms with Crippen molar-refractivity contribution in [1.29, 1.82) is 0 Å². The first kappa shape index (κ1) is 18.7. The molecular weight excluding hydrogens is 373 g/mol. The van der Waals surface area contributed by atoms with Crippen LogP contribution in [0.15, 0.2) is 71.7 Å². The molecule has 2 heterocycles. The molecule has 0 radical (unpaired) electrons. The molecule has 0 spiro atoms. The van der Waals surface area contributed by atoms with Gasteiger partial charge in [0.1, 0.15) is 19.1 Å². The van der Waals surface area contributed by atoms with Crippen LogP contribution in [0.5, 0.6) is 5.75 Å². The number of amides is 1. The fourth-order valence-corrected chi connectivity index (χ4v) is 3.20. The Hall–Kier alpha value is -3.61. The third kappa shape index (κ3) is 4.13. The largest absolute Gasteiger partial charge is 0.482 e. The lowest BCUT2D eigenvalue weighted by molar-refractivity contribution is 0.0721. The number of carbonyl (C=O) groups is 1. The Morgan fingerprint density at radius 2 is 1.72 bits per heavy atom. The van der Waals surface area contributed by atoms with Crippen molar-refractivity contribution in [1.82, 2.24) is 9.58 Å². The molecule has 6 nitrogen and oxygen atoms in total. The van der Waals surface area contributed by atoms with Gasteiger partial charge < -0.3 is 15.1 Å². The van der Waals surface area contributed by atoms with Crippen LogP contribution in [0.2, 0.25) is 0 Å². The molecule has 0 bridgehead atoms. The number of ether oxygens (including phenoxy) is 1. The standard InChI is InChI=1S/C22H20FN3O3/c23-18-8-6-16(7-9-18)10-12-25-15-24-26-13-11-19(27)21(20(26)22(25)28)29-14-17-4-2-1-3-5-17/h1-9,11,13,24H,10,12,14-15H2. The predicted octanol–water partition coefficient (Wildman–Crippen LogP) is 2.77. The molecule has 1 aliphatic heterocycles.